The summed E-state index contributed by atoms with van der Waals surface area (Å²) < 4.78 is 16.1. The van der Waals surface area contributed by atoms with Gasteiger partial charge in [-0.15, -0.1) is 0 Å². The van der Waals surface area contributed by atoms with Crippen LogP contribution in [0.25, 0.3) is 0 Å². The number of ketones is 2. The summed E-state index contributed by atoms with van der Waals surface area (Å²) in [6.45, 7) is 22.9. The van der Waals surface area contributed by atoms with E-state index < -0.39 is 5.79 Å². The first-order chi connectivity index (χ1) is 33.4. The number of aliphatic hydroxyl groups is 1. The van der Waals surface area contributed by atoms with Crippen LogP contribution in [-0.2, 0) is 33.4 Å². The smallest absolute Gasteiger partial charge is 0.305 e. The van der Waals surface area contributed by atoms with E-state index in [9.17, 15) is 24.3 Å². The molecule has 9 heteroatoms. The topological polar surface area (TPSA) is 119 Å². The maximum atomic E-state index is 12.2. The fourth-order valence-corrected chi connectivity index (χ4v) is 11.0. The first kappa shape index (κ1) is 65.1. The van der Waals surface area contributed by atoms with E-state index in [1.807, 2.05) is 18.7 Å². The van der Waals surface area contributed by atoms with E-state index in [1.54, 1.807) is 14.2 Å². The van der Waals surface area contributed by atoms with Gasteiger partial charge in [-0.1, -0.05) is 105 Å². The number of Topliss-reactive ketones (excluding diaryl/α,β-unsaturated/α-hetero) is 2. The fraction of sp³-hybridized carbons (Fsp3) is 0.803. The largest absolute Gasteiger partial charge is 0.469 e. The highest BCUT2D eigenvalue weighted by Gasteiger charge is 2.49. The third kappa shape index (κ3) is 25.7. The van der Waals surface area contributed by atoms with E-state index in [4.69, 9.17) is 14.2 Å². The van der Waals surface area contributed by atoms with Gasteiger partial charge in [0.1, 0.15) is 11.6 Å². The molecule has 1 amide bonds. The van der Waals surface area contributed by atoms with E-state index >= 15 is 0 Å². The molecule has 7 unspecified atom stereocenters. The summed E-state index contributed by atoms with van der Waals surface area (Å²) in [5.41, 5.74) is 5.69. The Bertz CT molecular complexity index is 1590. The second kappa shape index (κ2) is 37.8. The van der Waals surface area contributed by atoms with Crippen molar-refractivity contribution in [2.45, 2.75) is 248 Å². The standard InChI is InChI=1S/C16H29NO2.C15H28O4.C15H26O.C15H24O/c1-4-7-8-9-14-13(10-11-15(14)18)12-16(19)17(5-2)6-3;1-5-6-7-8-13-12(11-14(16)17-2)9-10-15(13,18-3)19-4;2*1-12(2)6-4-7-13(3)10-11-14-8-5-9-15(14)16/h13-14H,4-12H2,1-3H3;12-13H,5-11H2,1-4H3;6,10,14-16H,4-5,7-9,11H2,1-3H3;6,10,14H,4-5,7-9,11H2,1-3H3/b;;2*13-10+. The predicted octanol–water partition coefficient (Wildman–Crippen LogP) is 15.2. The van der Waals surface area contributed by atoms with Gasteiger partial charge in [-0.2, -0.15) is 0 Å². The van der Waals surface area contributed by atoms with E-state index in [-0.39, 0.29) is 29.8 Å². The monoisotopic (exact) mass is 982 g/mol. The molecule has 4 saturated carbocycles. The van der Waals surface area contributed by atoms with Gasteiger partial charge in [-0.25, -0.2) is 0 Å². The number of aliphatic hydroxyl groups excluding tert-OH is 1. The summed E-state index contributed by atoms with van der Waals surface area (Å²) in [6, 6.07) is 0. The summed E-state index contributed by atoms with van der Waals surface area (Å²) in [5, 5.41) is 9.71. The summed E-state index contributed by atoms with van der Waals surface area (Å²) in [6.07, 6.45) is 35.8. The maximum absolute atomic E-state index is 12.2. The van der Waals surface area contributed by atoms with Gasteiger partial charge >= 0.3 is 5.97 Å². The van der Waals surface area contributed by atoms with Crippen LogP contribution in [-0.4, -0.2) is 79.8 Å². The Morgan fingerprint density at radius 2 is 1.23 bits per heavy atom. The number of allylic oxidation sites excluding steroid dienone is 8. The lowest BCUT2D eigenvalue weighted by atomic mass is 9.85. The number of carbonyl (C=O) groups is 4. The molecule has 0 radical (unpaired) electrons. The van der Waals surface area contributed by atoms with Gasteiger partial charge in [-0.3, -0.25) is 19.2 Å². The number of carbonyl (C=O) groups excluding carboxylic acids is 4. The van der Waals surface area contributed by atoms with Crippen LogP contribution in [0, 0.1) is 35.5 Å². The summed E-state index contributed by atoms with van der Waals surface area (Å²) in [7, 11) is 4.86. The van der Waals surface area contributed by atoms with Gasteiger partial charge in [0, 0.05) is 77.2 Å². The van der Waals surface area contributed by atoms with Crippen LogP contribution < -0.4 is 0 Å². The molecule has 7 atom stereocenters. The van der Waals surface area contributed by atoms with Gasteiger partial charge in [-0.05, 0) is 163 Å². The molecule has 70 heavy (non-hydrogen) atoms. The van der Waals surface area contributed by atoms with Crippen LogP contribution in [0.2, 0.25) is 0 Å². The summed E-state index contributed by atoms with van der Waals surface area (Å²) in [4.78, 5) is 49.0. The van der Waals surface area contributed by atoms with Crippen molar-refractivity contribution in [1.29, 1.82) is 0 Å². The number of methoxy groups -OCH3 is 3. The molecule has 4 fully saturated rings. The van der Waals surface area contributed by atoms with Crippen molar-refractivity contribution in [1.82, 2.24) is 4.90 Å². The molecule has 0 bridgehead atoms. The highest BCUT2D eigenvalue weighted by Crippen LogP contribution is 2.47. The molecule has 4 aliphatic rings. The number of esters is 1. The Kier molecular flexibility index (Phi) is 35.2. The lowest BCUT2D eigenvalue weighted by Gasteiger charge is -2.35. The SMILES string of the molecule is CC(C)=CCC/C(C)=C/CC1CCCC1=O.CC(C)=CCC/C(C)=C/CC1CCCC1O.CCCCCC1C(=O)CCC1CC(=O)N(CC)CC.CCCCCC1C(CC(=O)OC)CCC1(OC)OC. The van der Waals surface area contributed by atoms with Crippen molar-refractivity contribution in [2.24, 2.45) is 35.5 Å². The number of nitrogens with zero attached hydrogens (tertiary/aromatic N) is 1. The Morgan fingerprint density at radius 1 is 0.643 bits per heavy atom. The predicted molar refractivity (Wildman–Crippen MR) is 291 cm³/mol. The number of hydrogen-bond donors (Lipinski definition) is 1. The normalized spacial score (nSPS) is 23.9. The first-order valence-electron chi connectivity index (χ1n) is 28.2. The van der Waals surface area contributed by atoms with E-state index in [0.717, 1.165) is 122 Å². The van der Waals surface area contributed by atoms with Crippen molar-refractivity contribution in [3.63, 3.8) is 0 Å². The molecular formula is C61H107NO8. The van der Waals surface area contributed by atoms with Crippen molar-refractivity contribution in [2.75, 3.05) is 34.4 Å². The second-order valence-corrected chi connectivity index (χ2v) is 21.6. The second-order valence-electron chi connectivity index (χ2n) is 21.6. The molecule has 0 aromatic carbocycles. The van der Waals surface area contributed by atoms with Crippen LogP contribution in [0.5, 0.6) is 0 Å². The first-order valence-corrected chi connectivity index (χ1v) is 28.2. The molecule has 4 aliphatic carbocycles. The minimum atomic E-state index is -0.508. The van der Waals surface area contributed by atoms with E-state index in [0.29, 0.717) is 54.5 Å². The highest BCUT2D eigenvalue weighted by molar-refractivity contribution is 5.85. The van der Waals surface area contributed by atoms with Gasteiger partial charge in [0.05, 0.1) is 13.2 Å². The Balaban J connectivity index is 0.000000468. The van der Waals surface area contributed by atoms with Crippen molar-refractivity contribution in [3.05, 3.63) is 46.6 Å². The van der Waals surface area contributed by atoms with Crippen LogP contribution >= 0.6 is 0 Å². The van der Waals surface area contributed by atoms with Gasteiger partial charge in [0.2, 0.25) is 5.91 Å². The summed E-state index contributed by atoms with van der Waals surface area (Å²) >= 11 is 0. The summed E-state index contributed by atoms with van der Waals surface area (Å²) in [5.74, 6) is 2.38. The molecule has 0 aliphatic heterocycles. The maximum Gasteiger partial charge on any atom is 0.305 e. The zero-order valence-electron chi connectivity index (χ0n) is 47.4. The van der Waals surface area contributed by atoms with Gasteiger partial charge < -0.3 is 24.2 Å². The van der Waals surface area contributed by atoms with Gasteiger partial charge in [0.25, 0.3) is 0 Å². The minimum Gasteiger partial charge on any atom is -0.469 e. The molecule has 4 rings (SSSR count). The molecule has 0 aromatic rings. The fourth-order valence-electron chi connectivity index (χ4n) is 11.0. The number of amides is 1. The Morgan fingerprint density at radius 3 is 1.71 bits per heavy atom. The molecular weight excluding hydrogens is 875 g/mol. The molecule has 9 nitrogen and oxygen atoms in total. The molecule has 0 heterocycles. The zero-order valence-corrected chi connectivity index (χ0v) is 47.4. The molecule has 0 saturated heterocycles. The third-order valence-corrected chi connectivity index (χ3v) is 15.6. The molecule has 404 valence electrons. The Hall–Kier alpha value is -2.88. The average molecular weight is 983 g/mol. The number of ether oxygens (including phenoxy) is 3. The van der Waals surface area contributed by atoms with Crippen LogP contribution in [0.4, 0.5) is 0 Å². The zero-order chi connectivity index (χ0) is 52.5. The molecule has 1 N–H and O–H groups in total. The van der Waals surface area contributed by atoms with Crippen molar-refractivity contribution < 1.29 is 38.5 Å². The highest BCUT2D eigenvalue weighted by atomic mass is 16.7. The molecule has 0 aromatic heterocycles. The van der Waals surface area contributed by atoms with Crippen LogP contribution in [0.3, 0.4) is 0 Å². The number of hydrogen-bond acceptors (Lipinski definition) is 8. The lowest BCUT2D eigenvalue weighted by Crippen LogP contribution is -2.40. The van der Waals surface area contributed by atoms with Crippen molar-refractivity contribution >= 4 is 23.4 Å². The van der Waals surface area contributed by atoms with E-state index in [2.05, 4.69) is 79.7 Å². The third-order valence-electron chi connectivity index (χ3n) is 15.6. The number of unbranched alkanes of at least 4 members (excludes halogenated alkanes) is 4. The quantitative estimate of drug-likeness (QED) is 0.0394. The van der Waals surface area contributed by atoms with Crippen LogP contribution in [0.1, 0.15) is 236 Å². The lowest BCUT2D eigenvalue weighted by molar-refractivity contribution is -0.233. The van der Waals surface area contributed by atoms with E-state index in [1.165, 1.54) is 67.9 Å². The van der Waals surface area contributed by atoms with Crippen LogP contribution in [0.15, 0.2) is 46.6 Å². The Labute approximate surface area is 429 Å². The number of rotatable bonds is 26. The molecule has 0 spiro atoms. The minimum absolute atomic E-state index is 0.0400. The van der Waals surface area contributed by atoms with Gasteiger partial charge in [0.15, 0.2) is 5.79 Å². The average Bonchev–Trinajstić information content (AvgIpc) is 4.12. The van der Waals surface area contributed by atoms with Crippen molar-refractivity contribution in [3.8, 4) is 0 Å².